The van der Waals surface area contributed by atoms with E-state index in [0.717, 1.165) is 73.3 Å². The van der Waals surface area contributed by atoms with Gasteiger partial charge in [0.25, 0.3) is 5.91 Å². The average molecular weight is 567 g/mol. The van der Waals surface area contributed by atoms with Gasteiger partial charge in [-0.15, -0.1) is 11.3 Å². The molecule has 0 aromatic carbocycles. The van der Waals surface area contributed by atoms with Gasteiger partial charge in [0.2, 0.25) is 11.8 Å². The highest BCUT2D eigenvalue weighted by atomic mass is 32.1. The molecule has 2 N–H and O–H groups in total. The van der Waals surface area contributed by atoms with E-state index in [9.17, 15) is 9.59 Å². The number of aromatic nitrogens is 5. The van der Waals surface area contributed by atoms with Gasteiger partial charge in [-0.05, 0) is 25.8 Å². The molecule has 40 heavy (non-hydrogen) atoms. The Bertz CT molecular complexity index is 1600. The second kappa shape index (κ2) is 9.98. The lowest BCUT2D eigenvalue weighted by molar-refractivity contribution is -0.124. The van der Waals surface area contributed by atoms with Gasteiger partial charge in [-0.25, -0.2) is 9.20 Å². The van der Waals surface area contributed by atoms with E-state index in [1.165, 1.54) is 11.3 Å². The molecule has 2 fully saturated rings. The number of carbonyl (C=O) groups is 2. The highest BCUT2D eigenvalue weighted by Crippen LogP contribution is 2.40. The van der Waals surface area contributed by atoms with Crippen molar-refractivity contribution < 1.29 is 21.9 Å². The van der Waals surface area contributed by atoms with Gasteiger partial charge in [0.05, 0.1) is 64.8 Å². The number of likely N-dealkylation sites (tertiary alicyclic amines) is 1. The fraction of sp³-hybridized carbons (Fsp3) is 0.444. The number of hydrogen-bond acceptors (Lipinski definition) is 9. The number of rotatable bonds is 6. The summed E-state index contributed by atoms with van der Waals surface area (Å²) in [4.78, 5) is 34.2. The summed E-state index contributed by atoms with van der Waals surface area (Å²) in [6, 6.07) is 1.74. The monoisotopic (exact) mass is 566 g/mol. The molecule has 0 unspecified atom stereocenters. The predicted octanol–water partition coefficient (Wildman–Crippen LogP) is 3.54. The number of nitrogens with zero attached hydrogens (tertiary/aromatic N) is 6. The van der Waals surface area contributed by atoms with E-state index in [-0.39, 0.29) is 14.7 Å². The fourth-order valence-corrected chi connectivity index (χ4v) is 6.82. The van der Waals surface area contributed by atoms with Crippen LogP contribution in [0.15, 0.2) is 30.9 Å². The molecular weight excluding hydrogens is 532 g/mol. The van der Waals surface area contributed by atoms with Crippen LogP contribution >= 0.6 is 11.3 Å². The van der Waals surface area contributed by atoms with Crippen molar-refractivity contribution in [1.29, 1.82) is 0 Å². The zero-order valence-corrected chi connectivity index (χ0v) is 23.0. The first-order valence-corrected chi connectivity index (χ1v) is 14.3. The molecule has 0 aliphatic carbocycles. The number of ether oxygens (including phenoxy) is 2. The number of carbonyl (C=O) groups excluding carboxylic acids is 2. The number of amides is 2. The summed E-state index contributed by atoms with van der Waals surface area (Å²) in [7, 11) is 0. The molecular formula is C27H34N8O4S. The summed E-state index contributed by atoms with van der Waals surface area (Å²) in [6.45, 7) is 7.11. The molecule has 0 saturated carbocycles. The highest BCUT2D eigenvalue weighted by molar-refractivity contribution is 7.21. The number of thiazole rings is 1. The van der Waals surface area contributed by atoms with Crippen molar-refractivity contribution in [2.45, 2.75) is 32.7 Å². The molecule has 7 rings (SSSR count). The molecule has 12 nitrogen and oxygen atoms in total. The largest absolute Gasteiger partial charge is 0.477 e. The second-order valence-electron chi connectivity index (χ2n) is 10.8. The first-order valence-electron chi connectivity index (χ1n) is 13.5. The van der Waals surface area contributed by atoms with E-state index in [1.54, 1.807) is 29.2 Å². The van der Waals surface area contributed by atoms with Crippen molar-refractivity contribution in [3.63, 3.8) is 0 Å². The Morgan fingerprint density at radius 1 is 1.12 bits per heavy atom. The van der Waals surface area contributed by atoms with E-state index >= 15 is 0 Å². The normalized spacial score (nSPS) is 18.2. The van der Waals surface area contributed by atoms with Crippen LogP contribution in [0.4, 0.5) is 11.4 Å². The number of fused-ring (bicyclic) bond motifs is 2. The molecule has 0 bridgehead atoms. The maximum Gasteiger partial charge on any atom is 0.260 e. The van der Waals surface area contributed by atoms with Gasteiger partial charge in [-0.1, -0.05) is 0 Å². The Hall–Kier alpha value is -3.81. The number of pyridine rings is 1. The lowest BCUT2D eigenvalue weighted by Gasteiger charge is -2.52. The number of hydrogen-bond donors (Lipinski definition) is 2. The third-order valence-electron chi connectivity index (χ3n) is 7.91. The zero-order chi connectivity index (χ0) is 27.3. The maximum absolute atomic E-state index is 13.3. The summed E-state index contributed by atoms with van der Waals surface area (Å²) in [5.41, 5.74) is 3.38. The van der Waals surface area contributed by atoms with Crippen LogP contribution in [0.25, 0.3) is 15.3 Å². The third-order valence-corrected chi connectivity index (χ3v) is 9.05. The molecule has 0 atom stereocenters. The lowest BCUT2D eigenvalue weighted by Crippen LogP contribution is -2.59. The smallest absolute Gasteiger partial charge is 0.260 e. The number of nitrogens with one attached hydrogen (secondary N) is 2. The minimum atomic E-state index is -0.299. The van der Waals surface area contributed by atoms with Crippen LogP contribution in [0.5, 0.6) is 5.88 Å². The first kappa shape index (κ1) is 25.2. The quantitative estimate of drug-likeness (QED) is 0.363. The molecule has 0 radical (unpaired) electrons. The van der Waals surface area contributed by atoms with E-state index in [0.29, 0.717) is 41.2 Å². The molecule has 4 aromatic heterocycles. The molecule has 3 aliphatic rings. The number of anilines is 2. The van der Waals surface area contributed by atoms with E-state index in [1.807, 2.05) is 17.8 Å². The van der Waals surface area contributed by atoms with Gasteiger partial charge in [-0.2, -0.15) is 10.2 Å². The minimum Gasteiger partial charge on any atom is -0.477 e. The molecule has 1 spiro atoms. The highest BCUT2D eigenvalue weighted by Gasteiger charge is 2.44. The van der Waals surface area contributed by atoms with Gasteiger partial charge in [0, 0.05) is 53.7 Å². The average Bonchev–Trinajstić information content (AvgIpc) is 3.64. The topological polar surface area (TPSA) is 128 Å². The molecule has 4 aromatic rings. The van der Waals surface area contributed by atoms with Crippen molar-refractivity contribution in [3.05, 3.63) is 42.1 Å². The molecule has 2 amide bonds. The molecule has 3 aliphatic heterocycles. The Labute approximate surface area is 237 Å². The molecule has 7 heterocycles. The zero-order valence-electron chi connectivity index (χ0n) is 22.2. The summed E-state index contributed by atoms with van der Waals surface area (Å²) in [6.07, 6.45) is 9.90. The summed E-state index contributed by atoms with van der Waals surface area (Å²) in [5.74, 6) is 0.354. The second-order valence-corrected chi connectivity index (χ2v) is 11.8. The minimum absolute atomic E-state index is 0. The van der Waals surface area contributed by atoms with Crippen molar-refractivity contribution in [3.8, 4) is 16.3 Å². The molecule has 212 valence electrons. The summed E-state index contributed by atoms with van der Waals surface area (Å²) >= 11 is 1.46. The molecule has 13 heteroatoms. The summed E-state index contributed by atoms with van der Waals surface area (Å²) in [5, 5.41) is 14.7. The van der Waals surface area contributed by atoms with E-state index < -0.39 is 0 Å². The van der Waals surface area contributed by atoms with Crippen LogP contribution < -0.4 is 15.4 Å². The van der Waals surface area contributed by atoms with Crippen LogP contribution in [0.2, 0.25) is 0 Å². The van der Waals surface area contributed by atoms with Crippen molar-refractivity contribution in [2.24, 2.45) is 5.41 Å². The van der Waals surface area contributed by atoms with Gasteiger partial charge < -0.3 is 20.1 Å². The van der Waals surface area contributed by atoms with E-state index in [4.69, 9.17) is 9.47 Å². The van der Waals surface area contributed by atoms with Crippen molar-refractivity contribution >= 4 is 39.4 Å². The Morgan fingerprint density at radius 2 is 1.98 bits per heavy atom. The third kappa shape index (κ3) is 4.63. The van der Waals surface area contributed by atoms with Gasteiger partial charge in [0.1, 0.15) is 4.83 Å². The fourth-order valence-electron chi connectivity index (χ4n) is 5.76. The SMILES string of the molecule is Cc1ncc(NC(=O)CN2CC3(CCOCC3)C2)cc1NC(=O)c1cnn2cc(-c3cnn4c3OCCC4)sc12.[HH].[HH]. The van der Waals surface area contributed by atoms with Crippen LogP contribution in [-0.2, 0) is 16.1 Å². The van der Waals surface area contributed by atoms with Crippen LogP contribution in [0.1, 0.15) is 38.2 Å². The maximum atomic E-state index is 13.3. The van der Waals surface area contributed by atoms with Gasteiger partial charge in [-0.3, -0.25) is 19.5 Å². The molecule has 2 saturated heterocycles. The van der Waals surface area contributed by atoms with Crippen molar-refractivity contribution in [2.75, 3.05) is 50.1 Å². The Morgan fingerprint density at radius 3 is 2.83 bits per heavy atom. The van der Waals surface area contributed by atoms with Gasteiger partial charge in [0.15, 0.2) is 0 Å². The van der Waals surface area contributed by atoms with Gasteiger partial charge >= 0.3 is 0 Å². The standard InChI is InChI=1S/C27H30N8O4S.2H2/c1-17-21(9-18(10-28-17)31-23(36)14-33-15-27(16-33)3-7-38-8-4-27)32-24(37)20-12-30-35-13-22(40-26(20)35)19-11-29-34-5-2-6-39-25(19)34;;/h9-13H,2-8,14-16H2,1H3,(H,31,36)(H,32,37);2*1H. The summed E-state index contributed by atoms with van der Waals surface area (Å²) < 4.78 is 14.9. The first-order chi connectivity index (χ1) is 19.5. The number of aryl methyl sites for hydroxylation is 2. The van der Waals surface area contributed by atoms with Crippen LogP contribution in [-0.4, -0.2) is 80.5 Å². The van der Waals surface area contributed by atoms with E-state index in [2.05, 4.69) is 30.7 Å². The van der Waals surface area contributed by atoms with Crippen molar-refractivity contribution in [1.82, 2.24) is 29.3 Å². The van der Waals surface area contributed by atoms with Crippen LogP contribution in [0, 0.1) is 12.3 Å². The predicted molar refractivity (Wildman–Crippen MR) is 153 cm³/mol. The Kier molecular flexibility index (Phi) is 6.28. The van der Waals surface area contributed by atoms with Crippen LogP contribution in [0.3, 0.4) is 0 Å². The Balaban J connectivity index is 0.00000176. The lowest BCUT2D eigenvalue weighted by atomic mass is 9.73.